The summed E-state index contributed by atoms with van der Waals surface area (Å²) in [5, 5.41) is 18.2. The number of hydrogen-bond donors (Lipinski definition) is 2. The van der Waals surface area contributed by atoms with E-state index in [-0.39, 0.29) is 17.7 Å². The zero-order valence-electron chi connectivity index (χ0n) is 17.4. The number of rotatable bonds is 8. The Morgan fingerprint density at radius 1 is 1.26 bits per heavy atom. The van der Waals surface area contributed by atoms with Crippen LogP contribution in [-0.2, 0) is 4.74 Å². The van der Waals surface area contributed by atoms with Gasteiger partial charge in [-0.15, -0.1) is 0 Å². The number of nitrogens with one attached hydrogen (secondary N) is 1. The van der Waals surface area contributed by atoms with Gasteiger partial charge in [-0.25, -0.2) is 0 Å². The highest BCUT2D eigenvalue weighted by molar-refractivity contribution is 6.31. The summed E-state index contributed by atoms with van der Waals surface area (Å²) in [7, 11) is 1.64. The Kier molecular flexibility index (Phi) is 6.15. The van der Waals surface area contributed by atoms with Crippen molar-refractivity contribution in [3.63, 3.8) is 0 Å². The van der Waals surface area contributed by atoms with Crippen molar-refractivity contribution >= 4 is 17.5 Å². The van der Waals surface area contributed by atoms with Gasteiger partial charge in [0.25, 0.3) is 5.91 Å². The molecular weight excluding hydrogens is 418 g/mol. The molecule has 162 valence electrons. The molecule has 4 rings (SSSR count). The van der Waals surface area contributed by atoms with E-state index in [2.05, 4.69) is 10.2 Å². The second-order valence-electron chi connectivity index (χ2n) is 7.28. The first-order valence-corrected chi connectivity index (χ1v) is 10.5. The number of fused-ring (bicyclic) bond motifs is 1. The summed E-state index contributed by atoms with van der Waals surface area (Å²) in [6.45, 7) is 3.53. The number of nitrogens with zero attached hydrogens (tertiary/aromatic N) is 2. The second-order valence-corrected chi connectivity index (χ2v) is 7.71. The van der Waals surface area contributed by atoms with Crippen LogP contribution in [0.5, 0.6) is 11.5 Å². The number of aromatic nitrogens is 2. The van der Waals surface area contributed by atoms with Crippen LogP contribution in [0.25, 0.3) is 11.3 Å². The van der Waals surface area contributed by atoms with Crippen LogP contribution in [0.15, 0.2) is 42.5 Å². The number of ether oxygens (including phenoxy) is 2. The third-order valence-corrected chi connectivity index (χ3v) is 5.54. The van der Waals surface area contributed by atoms with Crippen molar-refractivity contribution < 1.29 is 19.4 Å². The van der Waals surface area contributed by atoms with Gasteiger partial charge in [0.1, 0.15) is 22.9 Å². The molecular formula is C23H24ClN3O4. The first kappa shape index (κ1) is 21.2. The van der Waals surface area contributed by atoms with Crippen LogP contribution in [0.4, 0.5) is 0 Å². The molecule has 0 bridgehead atoms. The van der Waals surface area contributed by atoms with Crippen LogP contribution in [0.2, 0.25) is 5.02 Å². The fourth-order valence-electron chi connectivity index (χ4n) is 4.00. The van der Waals surface area contributed by atoms with Crippen LogP contribution < -0.4 is 4.74 Å². The van der Waals surface area contributed by atoms with Crippen molar-refractivity contribution in [3.8, 4) is 22.8 Å². The molecule has 0 radical (unpaired) electrons. The summed E-state index contributed by atoms with van der Waals surface area (Å²) in [6.07, 6.45) is 0.694. The van der Waals surface area contributed by atoms with E-state index < -0.39 is 0 Å². The van der Waals surface area contributed by atoms with Gasteiger partial charge in [0.15, 0.2) is 0 Å². The molecule has 1 amide bonds. The lowest BCUT2D eigenvalue weighted by molar-refractivity contribution is 0.0723. The Bertz CT molecular complexity index is 1100. The van der Waals surface area contributed by atoms with Gasteiger partial charge < -0.3 is 19.5 Å². The first-order valence-electron chi connectivity index (χ1n) is 10.1. The van der Waals surface area contributed by atoms with Gasteiger partial charge in [-0.3, -0.25) is 9.89 Å². The molecule has 0 saturated heterocycles. The summed E-state index contributed by atoms with van der Waals surface area (Å²) in [5.74, 6) is 0.636. The second kappa shape index (κ2) is 8.99. The van der Waals surface area contributed by atoms with E-state index in [1.54, 1.807) is 24.1 Å². The topological polar surface area (TPSA) is 87.7 Å². The van der Waals surface area contributed by atoms with Crippen molar-refractivity contribution in [2.24, 2.45) is 0 Å². The van der Waals surface area contributed by atoms with Crippen LogP contribution in [0, 0.1) is 0 Å². The van der Waals surface area contributed by atoms with Gasteiger partial charge in [-0.1, -0.05) is 23.7 Å². The molecule has 1 aliphatic heterocycles. The molecule has 7 nitrogen and oxygen atoms in total. The molecule has 8 heteroatoms. The first-order chi connectivity index (χ1) is 15.0. The van der Waals surface area contributed by atoms with Crippen molar-refractivity contribution in [2.75, 3.05) is 26.9 Å². The minimum atomic E-state index is -0.383. The minimum Gasteiger partial charge on any atom is -0.507 e. The van der Waals surface area contributed by atoms with Gasteiger partial charge in [0.2, 0.25) is 0 Å². The van der Waals surface area contributed by atoms with Gasteiger partial charge in [-0.2, -0.15) is 5.10 Å². The number of carbonyl (C=O) groups excluding carboxylic acids is 1. The molecule has 1 aliphatic rings. The number of methoxy groups -OCH3 is 1. The molecule has 31 heavy (non-hydrogen) atoms. The van der Waals surface area contributed by atoms with Crippen LogP contribution >= 0.6 is 11.6 Å². The van der Waals surface area contributed by atoms with E-state index in [1.807, 2.05) is 31.2 Å². The standard InChI is InChI=1S/C23H24ClN3O4/c1-3-31-16-7-4-6-14(12-16)22-19-20(17-13-15(24)8-9-18(17)28)25-26-21(19)23(29)27(22)10-5-11-30-2/h4,6-9,12-13,22,28H,3,5,10-11H2,1-2H3,(H,25,26). The number of phenolic OH excluding ortho intramolecular Hbond substituents is 1. The third kappa shape index (κ3) is 3.98. The highest BCUT2D eigenvalue weighted by Crippen LogP contribution is 2.45. The molecule has 0 spiro atoms. The summed E-state index contributed by atoms with van der Waals surface area (Å²) in [4.78, 5) is 15.1. The number of hydrogen-bond acceptors (Lipinski definition) is 5. The lowest BCUT2D eigenvalue weighted by Gasteiger charge is -2.26. The SMILES string of the molecule is CCOc1cccc(C2c3c(-c4cc(Cl)ccc4O)n[nH]c3C(=O)N2CCCOC)c1. The van der Waals surface area contributed by atoms with E-state index in [1.165, 1.54) is 6.07 Å². The lowest BCUT2D eigenvalue weighted by atomic mass is 9.95. The molecule has 0 aliphatic carbocycles. The van der Waals surface area contributed by atoms with Crippen LogP contribution in [-0.4, -0.2) is 53.0 Å². The zero-order valence-corrected chi connectivity index (χ0v) is 18.1. The van der Waals surface area contributed by atoms with Crippen LogP contribution in [0.1, 0.15) is 41.0 Å². The predicted octanol–water partition coefficient (Wildman–Crippen LogP) is 4.42. The maximum Gasteiger partial charge on any atom is 0.273 e. The summed E-state index contributed by atoms with van der Waals surface area (Å²) < 4.78 is 10.9. The number of benzene rings is 2. The van der Waals surface area contributed by atoms with Gasteiger partial charge in [0, 0.05) is 36.4 Å². The maximum absolute atomic E-state index is 13.3. The van der Waals surface area contributed by atoms with Crippen LogP contribution in [0.3, 0.4) is 0 Å². The molecule has 2 N–H and O–H groups in total. The summed E-state index contributed by atoms with van der Waals surface area (Å²) in [5.41, 5.74) is 3.01. The fourth-order valence-corrected chi connectivity index (χ4v) is 4.17. The number of H-pyrrole nitrogens is 1. The van der Waals surface area contributed by atoms with Crippen molar-refractivity contribution in [3.05, 3.63) is 64.3 Å². The molecule has 2 aromatic carbocycles. The number of aromatic hydroxyl groups is 1. The molecule has 2 heterocycles. The van der Waals surface area contributed by atoms with Gasteiger partial charge in [0.05, 0.1) is 12.6 Å². The smallest absolute Gasteiger partial charge is 0.273 e. The molecule has 1 aromatic heterocycles. The molecule has 1 atom stereocenters. The fraction of sp³-hybridized carbons (Fsp3) is 0.304. The number of amides is 1. The average Bonchev–Trinajstić information content (AvgIpc) is 3.30. The lowest BCUT2D eigenvalue weighted by Crippen LogP contribution is -2.31. The highest BCUT2D eigenvalue weighted by Gasteiger charge is 2.42. The van der Waals surface area contributed by atoms with Gasteiger partial charge >= 0.3 is 0 Å². The number of aromatic amines is 1. The Morgan fingerprint density at radius 3 is 2.87 bits per heavy atom. The number of carbonyl (C=O) groups is 1. The quantitative estimate of drug-likeness (QED) is 0.505. The largest absolute Gasteiger partial charge is 0.507 e. The van der Waals surface area contributed by atoms with E-state index in [9.17, 15) is 9.90 Å². The van der Waals surface area contributed by atoms with Crippen molar-refractivity contribution in [1.29, 1.82) is 0 Å². The average molecular weight is 442 g/mol. The number of halogens is 1. The Balaban J connectivity index is 1.85. The number of phenols is 1. The zero-order chi connectivity index (χ0) is 22.0. The van der Waals surface area contributed by atoms with E-state index in [4.69, 9.17) is 21.1 Å². The summed E-state index contributed by atoms with van der Waals surface area (Å²) >= 11 is 6.18. The van der Waals surface area contributed by atoms with Gasteiger partial charge in [-0.05, 0) is 49.2 Å². The molecule has 3 aromatic rings. The monoisotopic (exact) mass is 441 g/mol. The minimum absolute atomic E-state index is 0.0470. The van der Waals surface area contributed by atoms with Crippen molar-refractivity contribution in [2.45, 2.75) is 19.4 Å². The van der Waals surface area contributed by atoms with E-state index in [0.29, 0.717) is 53.7 Å². The summed E-state index contributed by atoms with van der Waals surface area (Å²) in [6, 6.07) is 12.1. The Morgan fingerprint density at radius 2 is 2.10 bits per heavy atom. The van der Waals surface area contributed by atoms with E-state index >= 15 is 0 Å². The Labute approximate surface area is 185 Å². The third-order valence-electron chi connectivity index (χ3n) is 5.31. The molecule has 1 unspecified atom stereocenters. The highest BCUT2D eigenvalue weighted by atomic mass is 35.5. The predicted molar refractivity (Wildman–Crippen MR) is 118 cm³/mol. The normalized spacial score (nSPS) is 15.4. The maximum atomic E-state index is 13.3. The van der Waals surface area contributed by atoms with Crippen molar-refractivity contribution in [1.82, 2.24) is 15.1 Å². The molecule has 0 fully saturated rings. The van der Waals surface area contributed by atoms with E-state index in [0.717, 1.165) is 11.3 Å². The Hall–Kier alpha value is -3.03. The molecule has 0 saturated carbocycles.